The van der Waals surface area contributed by atoms with Crippen molar-refractivity contribution in [3.8, 4) is 11.5 Å². The van der Waals surface area contributed by atoms with Crippen molar-refractivity contribution in [2.24, 2.45) is 5.73 Å². The molecule has 0 spiro atoms. The maximum Gasteiger partial charge on any atom is 0.157 e. The molecule has 0 saturated heterocycles. The van der Waals surface area contributed by atoms with Crippen LogP contribution in [-0.4, -0.2) is 16.8 Å². The van der Waals surface area contributed by atoms with E-state index in [4.69, 9.17) is 15.9 Å². The smallest absolute Gasteiger partial charge is 0.157 e. The summed E-state index contributed by atoms with van der Waals surface area (Å²) < 4.78 is 0. The summed E-state index contributed by atoms with van der Waals surface area (Å²) in [6.45, 7) is 0.546. The van der Waals surface area contributed by atoms with Crippen molar-refractivity contribution >= 4 is 0 Å². The molecule has 0 saturated carbocycles. The van der Waals surface area contributed by atoms with Gasteiger partial charge in [0.05, 0.1) is 0 Å². The molecule has 0 aliphatic carbocycles. The Kier molecular flexibility index (Phi) is 5.23. The zero-order chi connectivity index (χ0) is 8.27. The van der Waals surface area contributed by atoms with Gasteiger partial charge in [0.25, 0.3) is 0 Å². The molecule has 0 aliphatic rings. The van der Waals surface area contributed by atoms with Gasteiger partial charge < -0.3 is 15.9 Å². The van der Waals surface area contributed by atoms with Crippen LogP contribution in [0.1, 0.15) is 5.56 Å². The zero-order valence-corrected chi connectivity index (χ0v) is 10.9. The number of rotatable bonds is 2. The molecule has 0 atom stereocenters. The maximum atomic E-state index is 9.04. The third kappa shape index (κ3) is 2.98. The van der Waals surface area contributed by atoms with Gasteiger partial charge in [-0.25, -0.2) is 0 Å². The van der Waals surface area contributed by atoms with Crippen LogP contribution in [0, 0.1) is 0 Å². The summed E-state index contributed by atoms with van der Waals surface area (Å²) in [4.78, 5) is 0. The first kappa shape index (κ1) is 11.7. The molecule has 0 radical (unpaired) electrons. The molecule has 0 heterocycles. The maximum absolute atomic E-state index is 9.04. The largest absolute Gasteiger partial charge is 0.504 e. The number of nitrogens with two attached hydrogens (primary N) is 1. The van der Waals surface area contributed by atoms with E-state index in [1.165, 1.54) is 12.1 Å². The first-order chi connectivity index (χ1) is 5.24. The minimum absolute atomic E-state index is 0. The van der Waals surface area contributed by atoms with E-state index in [0.717, 1.165) is 5.56 Å². The summed E-state index contributed by atoms with van der Waals surface area (Å²) in [6, 6.07) is 4.71. The van der Waals surface area contributed by atoms with E-state index < -0.39 is 0 Å². The number of aromatic hydroxyl groups is 2. The van der Waals surface area contributed by atoms with Crippen LogP contribution in [0.3, 0.4) is 0 Å². The Morgan fingerprint density at radius 2 is 1.83 bits per heavy atom. The SMILES string of the molecule is NCCc1ccc(O)c(O)c1.[Cd]. The van der Waals surface area contributed by atoms with Crippen molar-refractivity contribution < 1.29 is 37.5 Å². The number of phenolic OH excluding ortho intramolecular Hbond substituents is 2. The second kappa shape index (κ2) is 5.37. The fourth-order valence-corrected chi connectivity index (χ4v) is 0.891. The fourth-order valence-electron chi connectivity index (χ4n) is 0.891. The molecule has 3 nitrogen and oxygen atoms in total. The predicted octanol–water partition coefficient (Wildman–Crippen LogP) is 0.596. The van der Waals surface area contributed by atoms with Gasteiger partial charge in [-0.05, 0) is 30.7 Å². The van der Waals surface area contributed by atoms with Gasteiger partial charge in [-0.1, -0.05) is 6.07 Å². The normalized spacial score (nSPS) is 9.08. The second-order valence-electron chi connectivity index (χ2n) is 2.36. The summed E-state index contributed by atoms with van der Waals surface area (Å²) in [5.74, 6) is -0.179. The van der Waals surface area contributed by atoms with Crippen LogP contribution in [0.4, 0.5) is 0 Å². The van der Waals surface area contributed by atoms with Gasteiger partial charge in [-0.15, -0.1) is 0 Å². The van der Waals surface area contributed by atoms with Crippen LogP contribution in [0.2, 0.25) is 0 Å². The molecule has 0 bridgehead atoms. The van der Waals surface area contributed by atoms with Gasteiger partial charge in [-0.3, -0.25) is 0 Å². The molecule has 4 N–H and O–H groups in total. The zero-order valence-electron chi connectivity index (χ0n) is 6.83. The summed E-state index contributed by atoms with van der Waals surface area (Å²) in [6.07, 6.45) is 0.716. The van der Waals surface area contributed by atoms with Gasteiger partial charge in [-0.2, -0.15) is 0 Å². The Morgan fingerprint density at radius 3 is 2.33 bits per heavy atom. The molecule has 0 aromatic heterocycles. The number of hydrogen-bond acceptors (Lipinski definition) is 3. The topological polar surface area (TPSA) is 66.5 Å². The minimum atomic E-state index is -0.0919. The van der Waals surface area contributed by atoms with Gasteiger partial charge in [0.15, 0.2) is 11.5 Å². The predicted molar refractivity (Wildman–Crippen MR) is 42.5 cm³/mol. The Balaban J connectivity index is 0.00000121. The van der Waals surface area contributed by atoms with Crippen molar-refractivity contribution in [2.75, 3.05) is 6.54 Å². The van der Waals surface area contributed by atoms with Crippen LogP contribution in [0.5, 0.6) is 11.5 Å². The van der Waals surface area contributed by atoms with Crippen molar-refractivity contribution in [2.45, 2.75) is 6.42 Å². The Morgan fingerprint density at radius 1 is 1.17 bits per heavy atom. The average molecular weight is 266 g/mol. The van der Waals surface area contributed by atoms with E-state index in [2.05, 4.69) is 0 Å². The molecule has 0 amide bonds. The van der Waals surface area contributed by atoms with E-state index in [1.54, 1.807) is 6.07 Å². The van der Waals surface area contributed by atoms with E-state index in [-0.39, 0.29) is 38.8 Å². The summed E-state index contributed by atoms with van der Waals surface area (Å²) in [7, 11) is 0. The molecule has 62 valence electrons. The number of benzene rings is 1. The van der Waals surface area contributed by atoms with Gasteiger partial charge >= 0.3 is 0 Å². The van der Waals surface area contributed by atoms with Crippen LogP contribution in [0.15, 0.2) is 18.2 Å². The molecule has 0 unspecified atom stereocenters. The first-order valence-electron chi connectivity index (χ1n) is 3.45. The third-order valence-corrected chi connectivity index (χ3v) is 1.47. The van der Waals surface area contributed by atoms with Gasteiger partial charge in [0.2, 0.25) is 0 Å². The molecule has 1 aromatic carbocycles. The summed E-state index contributed by atoms with van der Waals surface area (Å²) in [5, 5.41) is 18.0. The number of hydrogen-bond donors (Lipinski definition) is 3. The Bertz CT molecular complexity index is 253. The minimum Gasteiger partial charge on any atom is -0.504 e. The fraction of sp³-hybridized carbons (Fsp3) is 0.250. The quantitative estimate of drug-likeness (QED) is 0.542. The van der Waals surface area contributed by atoms with Crippen molar-refractivity contribution in [1.82, 2.24) is 0 Å². The summed E-state index contributed by atoms with van der Waals surface area (Å²) in [5.41, 5.74) is 6.24. The Labute approximate surface area is 91.4 Å². The Hall–Kier alpha value is -0.298. The summed E-state index contributed by atoms with van der Waals surface area (Å²) >= 11 is 0. The van der Waals surface area contributed by atoms with Gasteiger partial charge in [0.1, 0.15) is 0 Å². The van der Waals surface area contributed by atoms with Crippen molar-refractivity contribution in [1.29, 1.82) is 0 Å². The molecular weight excluding hydrogens is 255 g/mol. The van der Waals surface area contributed by atoms with E-state index in [1.807, 2.05) is 0 Å². The standard InChI is InChI=1S/C8H11NO2.Cd/c9-4-3-6-1-2-7(10)8(11)5-6;/h1-2,5,10-11H,3-4,9H2;. The van der Waals surface area contributed by atoms with E-state index in [9.17, 15) is 0 Å². The molecule has 1 aromatic rings. The average Bonchev–Trinajstić information content (AvgIpc) is 1.98. The molecule has 12 heavy (non-hydrogen) atoms. The van der Waals surface area contributed by atoms with Crippen molar-refractivity contribution in [3.05, 3.63) is 23.8 Å². The molecular formula is C8H11CdNO2. The molecule has 0 aliphatic heterocycles. The van der Waals surface area contributed by atoms with Crippen molar-refractivity contribution in [3.63, 3.8) is 0 Å². The molecule has 0 fully saturated rings. The molecule has 4 heteroatoms. The van der Waals surface area contributed by atoms with Crippen LogP contribution in [0.25, 0.3) is 0 Å². The van der Waals surface area contributed by atoms with Crippen LogP contribution >= 0.6 is 0 Å². The first-order valence-corrected chi connectivity index (χ1v) is 3.45. The van der Waals surface area contributed by atoms with Gasteiger partial charge in [0, 0.05) is 27.3 Å². The van der Waals surface area contributed by atoms with E-state index in [0.29, 0.717) is 13.0 Å². The number of phenols is 2. The van der Waals surface area contributed by atoms with Crippen LogP contribution < -0.4 is 5.73 Å². The van der Waals surface area contributed by atoms with Crippen LogP contribution in [-0.2, 0) is 33.7 Å². The second-order valence-corrected chi connectivity index (χ2v) is 2.36. The van der Waals surface area contributed by atoms with E-state index >= 15 is 0 Å². The third-order valence-electron chi connectivity index (χ3n) is 1.47. The monoisotopic (exact) mass is 267 g/mol. The molecule has 1 rings (SSSR count).